The summed E-state index contributed by atoms with van der Waals surface area (Å²) in [6, 6.07) is 10.7. The van der Waals surface area contributed by atoms with E-state index in [0.717, 1.165) is 19.6 Å². The molecule has 0 unspecified atom stereocenters. The minimum absolute atomic E-state index is 0.895. The van der Waals surface area contributed by atoms with Crippen LogP contribution in [-0.4, -0.2) is 24.0 Å². The first-order valence-electron chi connectivity index (χ1n) is 6.68. The number of nitrogens with one attached hydrogen (secondary N) is 1. The van der Waals surface area contributed by atoms with E-state index in [2.05, 4.69) is 68.5 Å². The van der Waals surface area contributed by atoms with Gasteiger partial charge in [0.2, 0.25) is 0 Å². The van der Waals surface area contributed by atoms with Crippen molar-refractivity contribution in [3.8, 4) is 0 Å². The highest BCUT2D eigenvalue weighted by Crippen LogP contribution is 2.20. The fraction of sp³-hybridized carbons (Fsp3) is 0.312. The quantitative estimate of drug-likeness (QED) is 0.879. The van der Waals surface area contributed by atoms with Crippen molar-refractivity contribution in [2.24, 2.45) is 0 Å². The number of hydrogen-bond donors (Lipinski definition) is 1. The van der Waals surface area contributed by atoms with Crippen LogP contribution in [-0.2, 0) is 19.6 Å². The van der Waals surface area contributed by atoms with Crippen LogP contribution in [0.1, 0.15) is 16.7 Å². The Bertz CT molecular complexity index is 543. The van der Waals surface area contributed by atoms with Crippen LogP contribution in [0.2, 0.25) is 0 Å². The maximum atomic E-state index is 4.05. The second kappa shape index (κ2) is 7.53. The summed E-state index contributed by atoms with van der Waals surface area (Å²) >= 11 is 3.67. The lowest BCUT2D eigenvalue weighted by Crippen LogP contribution is -2.17. The van der Waals surface area contributed by atoms with E-state index in [9.17, 15) is 0 Å². The summed E-state index contributed by atoms with van der Waals surface area (Å²) in [5, 5.41) is 3.17. The summed E-state index contributed by atoms with van der Waals surface area (Å²) in [6.45, 7) is 2.74. The maximum absolute atomic E-state index is 4.05. The minimum atomic E-state index is 0.895. The monoisotopic (exact) mass is 333 g/mol. The van der Waals surface area contributed by atoms with Crippen molar-refractivity contribution in [2.75, 3.05) is 14.1 Å². The molecule has 0 atom stereocenters. The van der Waals surface area contributed by atoms with Gasteiger partial charge in [-0.3, -0.25) is 9.88 Å². The molecule has 0 aliphatic rings. The number of hydrogen-bond acceptors (Lipinski definition) is 3. The van der Waals surface area contributed by atoms with E-state index >= 15 is 0 Å². The average Bonchev–Trinajstić information content (AvgIpc) is 2.43. The Morgan fingerprint density at radius 1 is 1.10 bits per heavy atom. The molecule has 1 aromatic carbocycles. The lowest BCUT2D eigenvalue weighted by atomic mass is 10.1. The molecule has 0 aliphatic carbocycles. The van der Waals surface area contributed by atoms with Crippen LogP contribution in [0.15, 0.2) is 47.2 Å². The van der Waals surface area contributed by atoms with E-state index < -0.39 is 0 Å². The highest BCUT2D eigenvalue weighted by atomic mass is 79.9. The van der Waals surface area contributed by atoms with Crippen molar-refractivity contribution < 1.29 is 0 Å². The zero-order chi connectivity index (χ0) is 14.4. The van der Waals surface area contributed by atoms with E-state index in [0.29, 0.717) is 0 Å². The second-order valence-corrected chi connectivity index (χ2v) is 5.84. The molecule has 1 aromatic heterocycles. The van der Waals surface area contributed by atoms with Crippen molar-refractivity contribution in [1.82, 2.24) is 15.2 Å². The van der Waals surface area contributed by atoms with Gasteiger partial charge in [-0.25, -0.2) is 0 Å². The molecule has 2 rings (SSSR count). The highest BCUT2D eigenvalue weighted by molar-refractivity contribution is 9.10. The van der Waals surface area contributed by atoms with Crippen LogP contribution in [0.25, 0.3) is 0 Å². The minimum Gasteiger partial charge on any atom is -0.316 e. The molecule has 0 bridgehead atoms. The molecule has 1 heterocycles. The number of pyridine rings is 1. The fourth-order valence-corrected chi connectivity index (χ4v) is 2.73. The van der Waals surface area contributed by atoms with Gasteiger partial charge in [0.25, 0.3) is 0 Å². The second-order valence-electron chi connectivity index (χ2n) is 4.98. The third-order valence-electron chi connectivity index (χ3n) is 3.14. The standard InChI is InChI=1S/C16H20BrN3/c1-18-10-14-3-4-15(16(17)9-14)12-20(2)11-13-5-7-19-8-6-13/h3-9,18H,10-12H2,1-2H3. The molecule has 0 spiro atoms. The van der Waals surface area contributed by atoms with E-state index in [1.165, 1.54) is 21.2 Å². The van der Waals surface area contributed by atoms with Gasteiger partial charge in [-0.05, 0) is 49.0 Å². The Labute approximate surface area is 129 Å². The van der Waals surface area contributed by atoms with Crippen molar-refractivity contribution >= 4 is 15.9 Å². The predicted octanol–water partition coefficient (Wildman–Crippen LogP) is 3.20. The smallest absolute Gasteiger partial charge is 0.0271 e. The maximum Gasteiger partial charge on any atom is 0.0271 e. The van der Waals surface area contributed by atoms with Crippen LogP contribution < -0.4 is 5.32 Å². The van der Waals surface area contributed by atoms with Gasteiger partial charge in [0.1, 0.15) is 0 Å². The molecular weight excluding hydrogens is 314 g/mol. The third kappa shape index (κ3) is 4.40. The molecule has 0 fully saturated rings. The van der Waals surface area contributed by atoms with Crippen molar-refractivity contribution in [1.29, 1.82) is 0 Å². The van der Waals surface area contributed by atoms with Crippen LogP contribution >= 0.6 is 15.9 Å². The molecule has 3 nitrogen and oxygen atoms in total. The Morgan fingerprint density at radius 3 is 2.50 bits per heavy atom. The Morgan fingerprint density at radius 2 is 1.85 bits per heavy atom. The van der Waals surface area contributed by atoms with Gasteiger partial charge in [-0.15, -0.1) is 0 Å². The number of halogens is 1. The largest absolute Gasteiger partial charge is 0.316 e. The normalized spacial score (nSPS) is 11.0. The summed E-state index contributed by atoms with van der Waals surface area (Å²) < 4.78 is 1.17. The van der Waals surface area contributed by atoms with E-state index in [-0.39, 0.29) is 0 Å². The van der Waals surface area contributed by atoms with Gasteiger partial charge >= 0.3 is 0 Å². The lowest BCUT2D eigenvalue weighted by molar-refractivity contribution is 0.318. The first kappa shape index (κ1) is 15.2. The summed E-state index contributed by atoms with van der Waals surface area (Å²) in [7, 11) is 4.10. The van der Waals surface area contributed by atoms with Gasteiger partial charge < -0.3 is 5.32 Å². The van der Waals surface area contributed by atoms with Gasteiger partial charge in [0, 0.05) is 36.5 Å². The fourth-order valence-electron chi connectivity index (χ4n) is 2.18. The lowest BCUT2D eigenvalue weighted by Gasteiger charge is -2.18. The van der Waals surface area contributed by atoms with Crippen LogP contribution in [0.5, 0.6) is 0 Å². The van der Waals surface area contributed by atoms with Crippen molar-refractivity contribution in [2.45, 2.75) is 19.6 Å². The van der Waals surface area contributed by atoms with Crippen LogP contribution in [0.4, 0.5) is 0 Å². The van der Waals surface area contributed by atoms with E-state index in [1.54, 1.807) is 0 Å². The highest BCUT2D eigenvalue weighted by Gasteiger charge is 2.06. The van der Waals surface area contributed by atoms with Crippen LogP contribution in [0, 0.1) is 0 Å². The molecule has 2 aromatic rings. The third-order valence-corrected chi connectivity index (χ3v) is 3.88. The number of aromatic nitrogens is 1. The molecule has 0 saturated carbocycles. The molecule has 20 heavy (non-hydrogen) atoms. The zero-order valence-corrected chi connectivity index (χ0v) is 13.5. The Balaban J connectivity index is 1.99. The molecule has 0 amide bonds. The van der Waals surface area contributed by atoms with E-state index in [1.807, 2.05) is 19.4 Å². The van der Waals surface area contributed by atoms with Gasteiger partial charge in [0.15, 0.2) is 0 Å². The number of nitrogens with zero attached hydrogens (tertiary/aromatic N) is 2. The van der Waals surface area contributed by atoms with Crippen molar-refractivity contribution in [3.63, 3.8) is 0 Å². The molecule has 1 N–H and O–H groups in total. The Hall–Kier alpha value is -1.23. The van der Waals surface area contributed by atoms with Gasteiger partial charge in [-0.2, -0.15) is 0 Å². The molecular formula is C16H20BrN3. The van der Waals surface area contributed by atoms with E-state index in [4.69, 9.17) is 0 Å². The zero-order valence-electron chi connectivity index (χ0n) is 11.9. The van der Waals surface area contributed by atoms with Gasteiger partial charge in [-0.1, -0.05) is 28.1 Å². The molecule has 4 heteroatoms. The van der Waals surface area contributed by atoms with Gasteiger partial charge in [0.05, 0.1) is 0 Å². The number of rotatable bonds is 6. The predicted molar refractivity (Wildman–Crippen MR) is 86.3 cm³/mol. The SMILES string of the molecule is CNCc1ccc(CN(C)Cc2ccncc2)c(Br)c1. The van der Waals surface area contributed by atoms with Crippen LogP contribution in [0.3, 0.4) is 0 Å². The topological polar surface area (TPSA) is 28.2 Å². The summed E-state index contributed by atoms with van der Waals surface area (Å²) in [5.74, 6) is 0. The Kier molecular flexibility index (Phi) is 5.71. The first-order valence-corrected chi connectivity index (χ1v) is 7.47. The van der Waals surface area contributed by atoms with Crippen molar-refractivity contribution in [3.05, 3.63) is 63.9 Å². The summed E-state index contributed by atoms with van der Waals surface area (Å²) in [6.07, 6.45) is 3.68. The number of benzene rings is 1. The average molecular weight is 334 g/mol. The molecule has 0 saturated heterocycles. The first-order chi connectivity index (χ1) is 9.69. The molecule has 0 aliphatic heterocycles. The summed E-state index contributed by atoms with van der Waals surface area (Å²) in [4.78, 5) is 6.34. The molecule has 0 radical (unpaired) electrons. The molecule has 106 valence electrons. The summed E-state index contributed by atoms with van der Waals surface area (Å²) in [5.41, 5.74) is 3.88.